The van der Waals surface area contributed by atoms with Gasteiger partial charge in [0, 0.05) is 17.5 Å². The molecule has 0 saturated carbocycles. The van der Waals surface area contributed by atoms with Crippen LogP contribution in [-0.2, 0) is 9.53 Å². The van der Waals surface area contributed by atoms with E-state index >= 15 is 0 Å². The first-order valence-corrected chi connectivity index (χ1v) is 9.59. The molecule has 2 aliphatic rings. The third-order valence-corrected chi connectivity index (χ3v) is 6.24. The molecule has 5 N–H and O–H groups in total. The molecule has 0 aliphatic heterocycles. The average Bonchev–Trinajstić information content (AvgIpc) is 2.73. The SMILES string of the molecule is CCC1(O)CC(O)c2cc3c(c(O)c2C1C(=O)OC)C(=O)c1c(O)ccc(O)c1C3=O. The van der Waals surface area contributed by atoms with Gasteiger partial charge in [-0.1, -0.05) is 6.92 Å². The highest BCUT2D eigenvalue weighted by molar-refractivity contribution is 6.31. The molecule has 2 aromatic rings. The number of phenols is 3. The van der Waals surface area contributed by atoms with Gasteiger partial charge in [0.25, 0.3) is 0 Å². The van der Waals surface area contributed by atoms with Crippen LogP contribution in [0, 0.1) is 0 Å². The zero-order valence-electron chi connectivity index (χ0n) is 16.7. The summed E-state index contributed by atoms with van der Waals surface area (Å²) < 4.78 is 4.80. The number of esters is 1. The number of fused-ring (bicyclic) bond motifs is 3. The highest BCUT2D eigenvalue weighted by Gasteiger charge is 2.52. The summed E-state index contributed by atoms with van der Waals surface area (Å²) in [6.07, 6.45) is -1.58. The summed E-state index contributed by atoms with van der Waals surface area (Å²) >= 11 is 0. The van der Waals surface area contributed by atoms with Gasteiger partial charge in [0.1, 0.15) is 23.2 Å². The van der Waals surface area contributed by atoms with Gasteiger partial charge in [0.15, 0.2) is 5.78 Å². The van der Waals surface area contributed by atoms with Gasteiger partial charge < -0.3 is 30.3 Å². The van der Waals surface area contributed by atoms with Crippen LogP contribution in [-0.4, -0.2) is 55.8 Å². The van der Waals surface area contributed by atoms with Crippen molar-refractivity contribution in [2.75, 3.05) is 7.11 Å². The van der Waals surface area contributed by atoms with E-state index in [1.54, 1.807) is 6.92 Å². The molecule has 4 rings (SSSR count). The Hall–Kier alpha value is -3.43. The van der Waals surface area contributed by atoms with Gasteiger partial charge in [-0.05, 0) is 30.2 Å². The number of rotatable bonds is 2. The number of carbonyl (C=O) groups is 3. The number of carbonyl (C=O) groups excluding carboxylic acids is 3. The molecule has 0 aromatic heterocycles. The predicted molar refractivity (Wildman–Crippen MR) is 104 cm³/mol. The summed E-state index contributed by atoms with van der Waals surface area (Å²) in [4.78, 5) is 38.8. The maximum atomic E-state index is 13.2. The molecule has 2 aromatic carbocycles. The van der Waals surface area contributed by atoms with Crippen LogP contribution < -0.4 is 0 Å². The molecule has 3 atom stereocenters. The van der Waals surface area contributed by atoms with E-state index in [9.17, 15) is 39.9 Å². The molecule has 0 saturated heterocycles. The quantitative estimate of drug-likeness (QED) is 0.300. The third kappa shape index (κ3) is 2.67. The van der Waals surface area contributed by atoms with E-state index in [4.69, 9.17) is 4.74 Å². The molecule has 162 valence electrons. The van der Waals surface area contributed by atoms with E-state index in [0.29, 0.717) is 0 Å². The Kier molecular flexibility index (Phi) is 4.56. The number of aromatic hydroxyl groups is 3. The molecule has 3 unspecified atom stereocenters. The van der Waals surface area contributed by atoms with Gasteiger partial charge >= 0.3 is 5.97 Å². The topological polar surface area (TPSA) is 162 Å². The zero-order chi connectivity index (χ0) is 22.8. The van der Waals surface area contributed by atoms with Gasteiger partial charge in [-0.3, -0.25) is 14.4 Å². The van der Waals surface area contributed by atoms with E-state index in [0.717, 1.165) is 19.2 Å². The number of benzene rings is 2. The monoisotopic (exact) mass is 428 g/mol. The smallest absolute Gasteiger partial charge is 0.316 e. The first-order chi connectivity index (χ1) is 14.6. The molecular formula is C22H20O9. The van der Waals surface area contributed by atoms with Crippen molar-refractivity contribution in [3.8, 4) is 17.2 Å². The number of ketones is 2. The second-order valence-electron chi connectivity index (χ2n) is 7.80. The van der Waals surface area contributed by atoms with Crippen molar-refractivity contribution < 1.29 is 44.7 Å². The number of hydrogen-bond donors (Lipinski definition) is 5. The lowest BCUT2D eigenvalue weighted by Gasteiger charge is -2.42. The van der Waals surface area contributed by atoms with Crippen molar-refractivity contribution in [3.63, 3.8) is 0 Å². The van der Waals surface area contributed by atoms with E-state index in [-0.39, 0.29) is 29.5 Å². The summed E-state index contributed by atoms with van der Waals surface area (Å²) in [5.41, 5.74) is -3.67. The van der Waals surface area contributed by atoms with Crippen LogP contribution in [0.25, 0.3) is 0 Å². The Morgan fingerprint density at radius 2 is 1.68 bits per heavy atom. The number of phenolic OH excluding ortho intramolecular Hbond substituents is 3. The maximum Gasteiger partial charge on any atom is 0.316 e. The van der Waals surface area contributed by atoms with E-state index < -0.39 is 69.1 Å². The number of methoxy groups -OCH3 is 1. The molecule has 2 aliphatic carbocycles. The maximum absolute atomic E-state index is 13.2. The highest BCUT2D eigenvalue weighted by atomic mass is 16.5. The minimum absolute atomic E-state index is 0.00554. The Labute approximate surface area is 176 Å². The Morgan fingerprint density at radius 1 is 1.10 bits per heavy atom. The lowest BCUT2D eigenvalue weighted by atomic mass is 9.67. The number of ether oxygens (including phenoxy) is 1. The fraction of sp³-hybridized carbons (Fsp3) is 0.318. The van der Waals surface area contributed by atoms with E-state index in [1.807, 2.05) is 0 Å². The highest BCUT2D eigenvalue weighted by Crippen LogP contribution is 2.52. The average molecular weight is 428 g/mol. The first kappa shape index (κ1) is 20.8. The molecule has 0 heterocycles. The van der Waals surface area contributed by atoms with E-state index in [1.165, 1.54) is 6.07 Å². The van der Waals surface area contributed by atoms with Gasteiger partial charge in [-0.2, -0.15) is 0 Å². The lowest BCUT2D eigenvalue weighted by Crippen LogP contribution is -2.46. The van der Waals surface area contributed by atoms with Gasteiger partial charge in [0.05, 0.1) is 35.5 Å². The van der Waals surface area contributed by atoms with Gasteiger partial charge in [0.2, 0.25) is 5.78 Å². The molecule has 31 heavy (non-hydrogen) atoms. The summed E-state index contributed by atoms with van der Waals surface area (Å²) in [7, 11) is 1.10. The summed E-state index contributed by atoms with van der Waals surface area (Å²) in [5, 5.41) is 53.0. The molecule has 0 bridgehead atoms. The Morgan fingerprint density at radius 3 is 2.23 bits per heavy atom. The minimum Gasteiger partial charge on any atom is -0.507 e. The summed E-state index contributed by atoms with van der Waals surface area (Å²) in [6.45, 7) is 1.59. The molecule has 9 heteroatoms. The van der Waals surface area contributed by atoms with Crippen molar-refractivity contribution in [1.29, 1.82) is 0 Å². The van der Waals surface area contributed by atoms with Crippen LogP contribution in [0.3, 0.4) is 0 Å². The molecule has 0 radical (unpaired) electrons. The van der Waals surface area contributed by atoms with Crippen LogP contribution in [0.15, 0.2) is 18.2 Å². The Balaban J connectivity index is 2.07. The van der Waals surface area contributed by atoms with Crippen LogP contribution >= 0.6 is 0 Å². The fourth-order valence-corrected chi connectivity index (χ4v) is 4.63. The van der Waals surface area contributed by atoms with Crippen molar-refractivity contribution >= 4 is 17.5 Å². The van der Waals surface area contributed by atoms with Crippen molar-refractivity contribution in [1.82, 2.24) is 0 Å². The second-order valence-corrected chi connectivity index (χ2v) is 7.80. The third-order valence-electron chi connectivity index (χ3n) is 6.24. The van der Waals surface area contributed by atoms with Crippen molar-refractivity contribution in [3.05, 3.63) is 51.6 Å². The first-order valence-electron chi connectivity index (χ1n) is 9.59. The molecule has 0 fully saturated rings. The molecule has 9 nitrogen and oxygen atoms in total. The summed E-state index contributed by atoms with van der Waals surface area (Å²) in [5.74, 6) is -5.95. The fourth-order valence-electron chi connectivity index (χ4n) is 4.63. The second kappa shape index (κ2) is 6.79. The minimum atomic E-state index is -1.77. The van der Waals surface area contributed by atoms with Crippen LogP contribution in [0.4, 0.5) is 0 Å². The van der Waals surface area contributed by atoms with Gasteiger partial charge in [-0.25, -0.2) is 0 Å². The standard InChI is InChI=1S/C22H20O9/c1-3-22(30)7-12(25)8-6-9-14(19(27)13(8)17(22)21(29)31-2)20(28)16-11(24)5-4-10(23)15(16)18(9)26/h4-6,12,17,23-25,27,30H,3,7H2,1-2H3. The van der Waals surface area contributed by atoms with Crippen LogP contribution in [0.2, 0.25) is 0 Å². The molecular weight excluding hydrogens is 408 g/mol. The van der Waals surface area contributed by atoms with Gasteiger partial charge in [-0.15, -0.1) is 0 Å². The lowest BCUT2D eigenvalue weighted by molar-refractivity contribution is -0.153. The molecule has 0 amide bonds. The Bertz CT molecular complexity index is 1170. The number of aliphatic hydroxyl groups is 2. The largest absolute Gasteiger partial charge is 0.507 e. The van der Waals surface area contributed by atoms with Crippen LogP contribution in [0.1, 0.15) is 74.8 Å². The van der Waals surface area contributed by atoms with Crippen molar-refractivity contribution in [2.45, 2.75) is 37.4 Å². The number of aliphatic hydroxyl groups excluding tert-OH is 1. The predicted octanol–water partition coefficient (Wildman–Crippen LogP) is 1.41. The zero-order valence-corrected chi connectivity index (χ0v) is 16.7. The van der Waals surface area contributed by atoms with Crippen LogP contribution in [0.5, 0.6) is 17.2 Å². The van der Waals surface area contributed by atoms with Crippen molar-refractivity contribution in [2.24, 2.45) is 0 Å². The normalized spacial score (nSPS) is 24.3. The molecule has 0 spiro atoms. The summed E-state index contributed by atoms with van der Waals surface area (Å²) in [6, 6.07) is 3.27. The van der Waals surface area contributed by atoms with E-state index in [2.05, 4.69) is 0 Å². The number of hydrogen-bond acceptors (Lipinski definition) is 9.